The highest BCUT2D eigenvalue weighted by atomic mass is 16.5. The zero-order valence-electron chi connectivity index (χ0n) is 8.29. The number of hydrogen-bond donors (Lipinski definition) is 0. The smallest absolute Gasteiger partial charge is 0.113 e. The van der Waals surface area contributed by atoms with Gasteiger partial charge in [-0.15, -0.1) is 0 Å². The second kappa shape index (κ2) is 4.80. The van der Waals surface area contributed by atoms with Gasteiger partial charge in [-0.1, -0.05) is 6.92 Å². The van der Waals surface area contributed by atoms with Gasteiger partial charge in [-0.3, -0.25) is 0 Å². The summed E-state index contributed by atoms with van der Waals surface area (Å²) >= 11 is 0. The van der Waals surface area contributed by atoms with Crippen molar-refractivity contribution in [2.75, 3.05) is 26.9 Å². The number of nitrogens with zero attached hydrogens (tertiary/aromatic N) is 2. The normalized spacial score (nSPS) is 31.0. The van der Waals surface area contributed by atoms with Crippen LogP contribution in [-0.2, 0) is 4.74 Å². The van der Waals surface area contributed by atoms with E-state index in [2.05, 4.69) is 31.1 Å². The molecule has 0 N–H and O–H groups in total. The van der Waals surface area contributed by atoms with Crippen LogP contribution >= 0.6 is 0 Å². The first-order valence-electron chi connectivity index (χ1n) is 4.69. The van der Waals surface area contributed by atoms with Crippen molar-refractivity contribution in [3.8, 4) is 0 Å². The van der Waals surface area contributed by atoms with Gasteiger partial charge in [-0.25, -0.2) is 5.32 Å². The van der Waals surface area contributed by atoms with E-state index in [1.54, 1.807) is 0 Å². The van der Waals surface area contributed by atoms with Crippen molar-refractivity contribution < 1.29 is 4.74 Å². The molecule has 1 fully saturated rings. The Bertz CT molecular complexity index is 130. The molecule has 12 heavy (non-hydrogen) atoms. The van der Waals surface area contributed by atoms with Crippen LogP contribution in [0, 0.1) is 0 Å². The molecule has 0 aromatic carbocycles. The third-order valence-corrected chi connectivity index (χ3v) is 2.36. The summed E-state index contributed by atoms with van der Waals surface area (Å²) < 4.78 is 5.51. The van der Waals surface area contributed by atoms with Crippen LogP contribution in [0.3, 0.4) is 0 Å². The zero-order chi connectivity index (χ0) is 8.97. The van der Waals surface area contributed by atoms with Gasteiger partial charge in [0, 0.05) is 12.6 Å². The predicted octanol–water partition coefficient (Wildman–Crippen LogP) is 0.677. The zero-order valence-corrected chi connectivity index (χ0v) is 8.29. The summed E-state index contributed by atoms with van der Waals surface area (Å²) in [7, 11) is 2.12. The fourth-order valence-electron chi connectivity index (χ4n) is 1.40. The average molecular weight is 171 g/mol. The molecule has 1 aliphatic rings. The molecule has 2 unspecified atom stereocenters. The van der Waals surface area contributed by atoms with Crippen LogP contribution in [0.1, 0.15) is 20.3 Å². The van der Waals surface area contributed by atoms with Crippen molar-refractivity contribution in [3.63, 3.8) is 0 Å². The molecule has 0 amide bonds. The van der Waals surface area contributed by atoms with Crippen LogP contribution in [0.2, 0.25) is 0 Å². The van der Waals surface area contributed by atoms with Crippen molar-refractivity contribution in [2.24, 2.45) is 0 Å². The standard InChI is InChI=1S/C9H19N2O/c1-4-11(3)6-9-5-8(2)10-7-12-9/h8-9H,4-7H2,1-3H3. The van der Waals surface area contributed by atoms with E-state index in [0.29, 0.717) is 18.9 Å². The Morgan fingerprint density at radius 1 is 1.58 bits per heavy atom. The molecule has 1 radical (unpaired) electrons. The van der Waals surface area contributed by atoms with Crippen LogP contribution in [0.25, 0.3) is 0 Å². The van der Waals surface area contributed by atoms with Gasteiger partial charge in [-0.2, -0.15) is 0 Å². The molecule has 0 bridgehead atoms. The quantitative estimate of drug-likeness (QED) is 0.624. The molecular weight excluding hydrogens is 152 g/mol. The highest BCUT2D eigenvalue weighted by Crippen LogP contribution is 2.09. The van der Waals surface area contributed by atoms with Crippen LogP contribution in [0.4, 0.5) is 0 Å². The maximum atomic E-state index is 5.51. The van der Waals surface area contributed by atoms with Gasteiger partial charge in [0.25, 0.3) is 0 Å². The molecule has 1 saturated heterocycles. The first kappa shape index (κ1) is 9.96. The third kappa shape index (κ3) is 3.09. The molecule has 0 aromatic heterocycles. The largest absolute Gasteiger partial charge is 0.360 e. The summed E-state index contributed by atoms with van der Waals surface area (Å²) in [4.78, 5) is 2.28. The van der Waals surface area contributed by atoms with Gasteiger partial charge >= 0.3 is 0 Å². The summed E-state index contributed by atoms with van der Waals surface area (Å²) in [5, 5.41) is 4.27. The van der Waals surface area contributed by atoms with Crippen molar-refractivity contribution in [1.82, 2.24) is 10.2 Å². The Morgan fingerprint density at radius 2 is 2.33 bits per heavy atom. The third-order valence-electron chi connectivity index (χ3n) is 2.36. The van der Waals surface area contributed by atoms with E-state index in [4.69, 9.17) is 4.74 Å². The van der Waals surface area contributed by atoms with Gasteiger partial charge in [-0.05, 0) is 26.9 Å². The van der Waals surface area contributed by atoms with Gasteiger partial charge in [0.05, 0.1) is 6.10 Å². The second-order valence-electron chi connectivity index (χ2n) is 3.54. The SMILES string of the molecule is CCN(C)CC1CC(C)[N]CO1. The van der Waals surface area contributed by atoms with Crippen LogP contribution in [0.5, 0.6) is 0 Å². The highest BCUT2D eigenvalue weighted by Gasteiger charge is 2.20. The summed E-state index contributed by atoms with van der Waals surface area (Å²) in [6.45, 7) is 7.03. The van der Waals surface area contributed by atoms with Crippen molar-refractivity contribution >= 4 is 0 Å². The summed E-state index contributed by atoms with van der Waals surface area (Å²) in [5.41, 5.74) is 0. The Hall–Kier alpha value is -0.120. The molecule has 71 valence electrons. The molecule has 2 atom stereocenters. The molecule has 0 aliphatic carbocycles. The first-order valence-corrected chi connectivity index (χ1v) is 4.69. The molecule has 0 spiro atoms. The van der Waals surface area contributed by atoms with Gasteiger partial charge < -0.3 is 9.64 Å². The fraction of sp³-hybridized carbons (Fsp3) is 1.00. The number of likely N-dealkylation sites (N-methyl/N-ethyl adjacent to an activating group) is 1. The summed E-state index contributed by atoms with van der Waals surface area (Å²) in [5.74, 6) is 0. The maximum Gasteiger partial charge on any atom is 0.113 e. The van der Waals surface area contributed by atoms with E-state index in [1.807, 2.05) is 0 Å². The average Bonchev–Trinajstić information content (AvgIpc) is 2.04. The minimum absolute atomic E-state index is 0.391. The van der Waals surface area contributed by atoms with Crippen molar-refractivity contribution in [3.05, 3.63) is 0 Å². The molecule has 3 nitrogen and oxygen atoms in total. The number of rotatable bonds is 3. The summed E-state index contributed by atoms with van der Waals surface area (Å²) in [6.07, 6.45) is 1.46. The van der Waals surface area contributed by atoms with E-state index in [1.165, 1.54) is 0 Å². The topological polar surface area (TPSA) is 26.6 Å². The van der Waals surface area contributed by atoms with E-state index in [0.717, 1.165) is 19.5 Å². The fourth-order valence-corrected chi connectivity index (χ4v) is 1.40. The second-order valence-corrected chi connectivity index (χ2v) is 3.54. The van der Waals surface area contributed by atoms with Gasteiger partial charge in [0.15, 0.2) is 0 Å². The summed E-state index contributed by atoms with van der Waals surface area (Å²) in [6, 6.07) is 0.481. The highest BCUT2D eigenvalue weighted by molar-refractivity contribution is 4.73. The minimum Gasteiger partial charge on any atom is -0.360 e. The Kier molecular flexibility index (Phi) is 3.98. The lowest BCUT2D eigenvalue weighted by atomic mass is 10.1. The van der Waals surface area contributed by atoms with Crippen LogP contribution in [-0.4, -0.2) is 43.9 Å². The Labute approximate surface area is 75.1 Å². The molecule has 1 rings (SSSR count). The minimum atomic E-state index is 0.391. The molecule has 1 heterocycles. The van der Waals surface area contributed by atoms with Crippen LogP contribution in [0.15, 0.2) is 0 Å². The lowest BCUT2D eigenvalue weighted by Crippen LogP contribution is -2.41. The number of ether oxygens (including phenoxy) is 1. The van der Waals surface area contributed by atoms with Crippen molar-refractivity contribution in [1.29, 1.82) is 0 Å². The molecular formula is C9H19N2O. The molecule has 0 saturated carbocycles. The number of hydrogen-bond acceptors (Lipinski definition) is 2. The lowest BCUT2D eigenvalue weighted by molar-refractivity contribution is -0.0250. The predicted molar refractivity (Wildman–Crippen MR) is 49.1 cm³/mol. The molecule has 3 heteroatoms. The van der Waals surface area contributed by atoms with E-state index in [-0.39, 0.29) is 0 Å². The maximum absolute atomic E-state index is 5.51. The van der Waals surface area contributed by atoms with Crippen LogP contribution < -0.4 is 5.32 Å². The van der Waals surface area contributed by atoms with E-state index >= 15 is 0 Å². The van der Waals surface area contributed by atoms with E-state index in [9.17, 15) is 0 Å². The molecule has 0 aromatic rings. The monoisotopic (exact) mass is 171 g/mol. The lowest BCUT2D eigenvalue weighted by Gasteiger charge is -2.29. The van der Waals surface area contributed by atoms with Gasteiger partial charge in [0.2, 0.25) is 0 Å². The van der Waals surface area contributed by atoms with Gasteiger partial charge in [0.1, 0.15) is 6.73 Å². The Morgan fingerprint density at radius 3 is 2.92 bits per heavy atom. The molecule has 1 aliphatic heterocycles. The van der Waals surface area contributed by atoms with Crippen molar-refractivity contribution in [2.45, 2.75) is 32.4 Å². The van der Waals surface area contributed by atoms with E-state index < -0.39 is 0 Å². The first-order chi connectivity index (χ1) is 5.72. The Balaban J connectivity index is 2.22.